The Labute approximate surface area is 117 Å². The predicted octanol–water partition coefficient (Wildman–Crippen LogP) is 5.35. The highest BCUT2D eigenvalue weighted by Crippen LogP contribution is 2.33. The Hall–Kier alpha value is -1.50. The third kappa shape index (κ3) is 3.28. The van der Waals surface area contributed by atoms with E-state index in [-0.39, 0.29) is 11.0 Å². The minimum Gasteiger partial charge on any atom is -0.380 e. The molecule has 1 heteroatoms. The number of anilines is 1. The normalized spacial score (nSPS) is 12.7. The SMILES string of the molecule is CC(C)(C)Nc1cc(C(C)(C)C)cc2ccccc12. The van der Waals surface area contributed by atoms with E-state index in [0.29, 0.717) is 0 Å². The van der Waals surface area contributed by atoms with Gasteiger partial charge in [0.05, 0.1) is 0 Å². The minimum absolute atomic E-state index is 0.0687. The summed E-state index contributed by atoms with van der Waals surface area (Å²) in [7, 11) is 0. The molecule has 2 aromatic carbocycles. The summed E-state index contributed by atoms with van der Waals surface area (Å²) in [6.45, 7) is 13.4. The molecule has 2 aromatic rings. The van der Waals surface area contributed by atoms with Crippen molar-refractivity contribution in [3.05, 3.63) is 42.0 Å². The fourth-order valence-corrected chi connectivity index (χ4v) is 2.25. The number of fused-ring (bicyclic) bond motifs is 1. The van der Waals surface area contributed by atoms with Crippen LogP contribution in [0.3, 0.4) is 0 Å². The van der Waals surface area contributed by atoms with Crippen LogP contribution in [0.25, 0.3) is 10.8 Å². The first-order valence-corrected chi connectivity index (χ1v) is 6.98. The van der Waals surface area contributed by atoms with Gasteiger partial charge in [-0.2, -0.15) is 0 Å². The van der Waals surface area contributed by atoms with Crippen LogP contribution in [-0.2, 0) is 5.41 Å². The van der Waals surface area contributed by atoms with Crippen LogP contribution in [-0.4, -0.2) is 5.54 Å². The lowest BCUT2D eigenvalue weighted by Gasteiger charge is -2.26. The zero-order valence-electron chi connectivity index (χ0n) is 13.0. The van der Waals surface area contributed by atoms with Crippen molar-refractivity contribution in [3.8, 4) is 0 Å². The fourth-order valence-electron chi connectivity index (χ4n) is 2.25. The van der Waals surface area contributed by atoms with Gasteiger partial charge in [-0.3, -0.25) is 0 Å². The summed E-state index contributed by atoms with van der Waals surface area (Å²) < 4.78 is 0. The van der Waals surface area contributed by atoms with Crippen molar-refractivity contribution in [2.45, 2.75) is 52.5 Å². The van der Waals surface area contributed by atoms with Crippen molar-refractivity contribution in [2.75, 3.05) is 5.32 Å². The highest BCUT2D eigenvalue weighted by molar-refractivity contribution is 5.95. The van der Waals surface area contributed by atoms with Crippen molar-refractivity contribution >= 4 is 16.5 Å². The van der Waals surface area contributed by atoms with Gasteiger partial charge < -0.3 is 5.32 Å². The van der Waals surface area contributed by atoms with Gasteiger partial charge in [0.2, 0.25) is 0 Å². The molecule has 19 heavy (non-hydrogen) atoms. The predicted molar refractivity (Wildman–Crippen MR) is 86.0 cm³/mol. The van der Waals surface area contributed by atoms with Gasteiger partial charge in [0.15, 0.2) is 0 Å². The summed E-state index contributed by atoms with van der Waals surface area (Å²) in [5, 5.41) is 6.24. The lowest BCUT2D eigenvalue weighted by Crippen LogP contribution is -2.26. The van der Waals surface area contributed by atoms with Crippen molar-refractivity contribution in [3.63, 3.8) is 0 Å². The van der Waals surface area contributed by atoms with E-state index < -0.39 is 0 Å². The Morgan fingerprint density at radius 2 is 1.47 bits per heavy atom. The summed E-state index contributed by atoms with van der Waals surface area (Å²) in [6.07, 6.45) is 0. The van der Waals surface area contributed by atoms with E-state index in [4.69, 9.17) is 0 Å². The maximum Gasteiger partial charge on any atom is 0.0426 e. The molecule has 0 aliphatic carbocycles. The molecule has 0 heterocycles. The average molecular weight is 255 g/mol. The van der Waals surface area contributed by atoms with Crippen molar-refractivity contribution < 1.29 is 0 Å². The van der Waals surface area contributed by atoms with Gasteiger partial charge in [-0.15, -0.1) is 0 Å². The van der Waals surface area contributed by atoms with Gasteiger partial charge >= 0.3 is 0 Å². The van der Waals surface area contributed by atoms with E-state index in [1.54, 1.807) is 0 Å². The second-order valence-electron chi connectivity index (χ2n) is 7.37. The molecular weight excluding hydrogens is 230 g/mol. The van der Waals surface area contributed by atoms with E-state index in [9.17, 15) is 0 Å². The molecule has 0 saturated heterocycles. The molecule has 1 N–H and O–H groups in total. The number of hydrogen-bond donors (Lipinski definition) is 1. The first-order valence-electron chi connectivity index (χ1n) is 6.98. The summed E-state index contributed by atoms with van der Waals surface area (Å²) in [4.78, 5) is 0. The van der Waals surface area contributed by atoms with Crippen LogP contribution in [0.1, 0.15) is 47.1 Å². The van der Waals surface area contributed by atoms with Crippen molar-refractivity contribution in [1.82, 2.24) is 0 Å². The van der Waals surface area contributed by atoms with E-state index >= 15 is 0 Å². The zero-order chi connectivity index (χ0) is 14.3. The Bertz CT molecular complexity index is 583. The van der Waals surface area contributed by atoms with E-state index in [1.165, 1.54) is 22.0 Å². The van der Waals surface area contributed by atoms with Crippen LogP contribution in [0.15, 0.2) is 36.4 Å². The van der Waals surface area contributed by atoms with Crippen LogP contribution in [0.2, 0.25) is 0 Å². The van der Waals surface area contributed by atoms with Crippen LogP contribution in [0, 0.1) is 0 Å². The highest BCUT2D eigenvalue weighted by atomic mass is 14.9. The summed E-state index contributed by atoms with van der Waals surface area (Å²) in [6, 6.07) is 13.2. The van der Waals surface area contributed by atoms with E-state index in [0.717, 1.165) is 0 Å². The lowest BCUT2D eigenvalue weighted by molar-refractivity contribution is 0.590. The molecule has 0 unspecified atom stereocenters. The van der Waals surface area contributed by atoms with Gasteiger partial charge in [0.25, 0.3) is 0 Å². The molecule has 2 rings (SSSR count). The molecule has 0 fully saturated rings. The van der Waals surface area contributed by atoms with Crippen LogP contribution < -0.4 is 5.32 Å². The number of benzene rings is 2. The Morgan fingerprint density at radius 3 is 2.05 bits per heavy atom. The first-order chi connectivity index (χ1) is 8.67. The quantitative estimate of drug-likeness (QED) is 0.724. The Balaban J connectivity index is 2.65. The Morgan fingerprint density at radius 1 is 0.842 bits per heavy atom. The molecule has 102 valence electrons. The zero-order valence-corrected chi connectivity index (χ0v) is 13.0. The summed E-state index contributed by atoms with van der Waals surface area (Å²) in [5.41, 5.74) is 2.84. The number of nitrogens with one attached hydrogen (secondary N) is 1. The van der Waals surface area contributed by atoms with Gasteiger partial charge in [-0.05, 0) is 43.2 Å². The van der Waals surface area contributed by atoms with Gasteiger partial charge in [0.1, 0.15) is 0 Å². The number of hydrogen-bond acceptors (Lipinski definition) is 1. The fraction of sp³-hybridized carbons (Fsp3) is 0.444. The summed E-state index contributed by atoms with van der Waals surface area (Å²) in [5.74, 6) is 0. The Kier molecular flexibility index (Phi) is 3.34. The molecule has 0 aromatic heterocycles. The molecule has 0 atom stereocenters. The smallest absolute Gasteiger partial charge is 0.0426 e. The average Bonchev–Trinajstić information content (AvgIpc) is 2.25. The van der Waals surface area contributed by atoms with Gasteiger partial charge in [-0.1, -0.05) is 51.1 Å². The third-order valence-electron chi connectivity index (χ3n) is 3.24. The minimum atomic E-state index is 0.0687. The molecule has 0 aliphatic rings. The van der Waals surface area contributed by atoms with Crippen LogP contribution in [0.5, 0.6) is 0 Å². The molecule has 0 aliphatic heterocycles. The van der Waals surface area contributed by atoms with Gasteiger partial charge in [-0.25, -0.2) is 0 Å². The monoisotopic (exact) mass is 255 g/mol. The molecule has 0 bridgehead atoms. The lowest BCUT2D eigenvalue weighted by atomic mass is 9.85. The molecule has 0 radical (unpaired) electrons. The summed E-state index contributed by atoms with van der Waals surface area (Å²) >= 11 is 0. The third-order valence-corrected chi connectivity index (χ3v) is 3.24. The van der Waals surface area contributed by atoms with Crippen LogP contribution >= 0.6 is 0 Å². The van der Waals surface area contributed by atoms with Crippen LogP contribution in [0.4, 0.5) is 5.69 Å². The maximum atomic E-state index is 3.64. The topological polar surface area (TPSA) is 12.0 Å². The largest absolute Gasteiger partial charge is 0.380 e. The van der Waals surface area contributed by atoms with E-state index in [2.05, 4.69) is 83.3 Å². The first kappa shape index (κ1) is 13.9. The standard InChI is InChI=1S/C18H25N/c1-17(2,3)14-11-13-9-7-8-10-15(13)16(12-14)19-18(4,5)6/h7-12,19H,1-6H3. The molecule has 0 amide bonds. The molecule has 1 nitrogen and oxygen atoms in total. The molecule has 0 saturated carbocycles. The second-order valence-corrected chi connectivity index (χ2v) is 7.37. The van der Waals surface area contributed by atoms with Crippen molar-refractivity contribution in [1.29, 1.82) is 0 Å². The second kappa shape index (κ2) is 4.56. The van der Waals surface area contributed by atoms with Crippen molar-refractivity contribution in [2.24, 2.45) is 0 Å². The molecule has 0 spiro atoms. The maximum absolute atomic E-state index is 3.64. The van der Waals surface area contributed by atoms with Gasteiger partial charge in [0, 0.05) is 16.6 Å². The molecular formula is C18H25N. The van der Waals surface area contributed by atoms with E-state index in [1.807, 2.05) is 0 Å². The highest BCUT2D eigenvalue weighted by Gasteiger charge is 2.18. The number of rotatable bonds is 1.